The summed E-state index contributed by atoms with van der Waals surface area (Å²) in [5, 5.41) is 5.01. The van der Waals surface area contributed by atoms with Crippen molar-refractivity contribution in [3.8, 4) is 0 Å². The van der Waals surface area contributed by atoms with Crippen LogP contribution in [0.15, 0.2) is 48.5 Å². The van der Waals surface area contributed by atoms with Crippen molar-refractivity contribution in [1.82, 2.24) is 10.2 Å². The summed E-state index contributed by atoms with van der Waals surface area (Å²) in [5.74, 6) is 0. The van der Waals surface area contributed by atoms with E-state index >= 15 is 0 Å². The minimum absolute atomic E-state index is 0.192. The van der Waals surface area contributed by atoms with Gasteiger partial charge in [0.2, 0.25) is 0 Å². The maximum Gasteiger partial charge on any atom is 0.0603 e. The molecule has 0 atom stereocenters. The number of hydrogen-bond acceptors (Lipinski definition) is 2. The highest BCUT2D eigenvalue weighted by Gasteiger charge is 2.23. The van der Waals surface area contributed by atoms with Crippen molar-refractivity contribution >= 4 is 23.2 Å². The van der Waals surface area contributed by atoms with Gasteiger partial charge in [0, 0.05) is 29.7 Å². The Morgan fingerprint density at radius 2 is 1.50 bits per heavy atom. The van der Waals surface area contributed by atoms with Crippen LogP contribution in [0.4, 0.5) is 0 Å². The minimum atomic E-state index is 0.192. The van der Waals surface area contributed by atoms with Crippen molar-refractivity contribution in [2.24, 2.45) is 0 Å². The van der Waals surface area contributed by atoms with Crippen LogP contribution in [0.3, 0.4) is 0 Å². The van der Waals surface area contributed by atoms with E-state index in [9.17, 15) is 0 Å². The Morgan fingerprint density at radius 3 is 2.09 bits per heavy atom. The monoisotopic (exact) mass is 334 g/mol. The highest BCUT2D eigenvalue weighted by molar-refractivity contribution is 6.31. The Balaban J connectivity index is 2.01. The van der Waals surface area contributed by atoms with Gasteiger partial charge in [-0.15, -0.1) is 0 Å². The number of hydrogen-bond donors (Lipinski definition) is 1. The molecule has 0 amide bonds. The van der Waals surface area contributed by atoms with Crippen LogP contribution in [0.1, 0.15) is 23.6 Å². The third-order valence-electron chi connectivity index (χ3n) is 4.07. The lowest BCUT2D eigenvalue weighted by molar-refractivity contribution is 0.241. The summed E-state index contributed by atoms with van der Waals surface area (Å²) in [5.41, 5.74) is 2.44. The van der Waals surface area contributed by atoms with Crippen LogP contribution in [0.5, 0.6) is 0 Å². The predicted molar refractivity (Wildman–Crippen MR) is 93.8 cm³/mol. The van der Waals surface area contributed by atoms with Crippen LogP contribution >= 0.6 is 23.2 Å². The first-order chi connectivity index (χ1) is 10.7. The van der Waals surface area contributed by atoms with Crippen LogP contribution in [0, 0.1) is 0 Å². The zero-order chi connectivity index (χ0) is 15.4. The van der Waals surface area contributed by atoms with E-state index in [-0.39, 0.29) is 6.04 Å². The molecule has 2 nitrogen and oxygen atoms in total. The average molecular weight is 335 g/mol. The Kier molecular flexibility index (Phi) is 5.37. The van der Waals surface area contributed by atoms with E-state index in [1.54, 1.807) is 0 Å². The molecular weight excluding hydrogens is 315 g/mol. The summed E-state index contributed by atoms with van der Waals surface area (Å²) in [6.07, 6.45) is 1.15. The average Bonchev–Trinajstić information content (AvgIpc) is 2.77. The van der Waals surface area contributed by atoms with E-state index in [1.807, 2.05) is 24.3 Å². The zero-order valence-electron chi connectivity index (χ0n) is 12.4. The van der Waals surface area contributed by atoms with Gasteiger partial charge in [0.25, 0.3) is 0 Å². The molecule has 0 spiro atoms. The molecule has 1 aliphatic heterocycles. The van der Waals surface area contributed by atoms with Gasteiger partial charge in [-0.25, -0.2) is 0 Å². The van der Waals surface area contributed by atoms with Crippen molar-refractivity contribution in [2.75, 3.05) is 26.2 Å². The molecule has 22 heavy (non-hydrogen) atoms. The zero-order valence-corrected chi connectivity index (χ0v) is 13.9. The number of nitrogens with zero attached hydrogens (tertiary/aromatic N) is 1. The molecule has 0 aliphatic carbocycles. The molecule has 0 bridgehead atoms. The molecule has 0 aromatic heterocycles. The van der Waals surface area contributed by atoms with Crippen molar-refractivity contribution in [3.63, 3.8) is 0 Å². The molecule has 1 N–H and O–H groups in total. The van der Waals surface area contributed by atoms with Gasteiger partial charge in [-0.05, 0) is 48.4 Å². The summed E-state index contributed by atoms with van der Waals surface area (Å²) in [6.45, 7) is 4.17. The van der Waals surface area contributed by atoms with E-state index in [2.05, 4.69) is 34.5 Å². The first kappa shape index (κ1) is 15.8. The maximum atomic E-state index is 6.22. The van der Waals surface area contributed by atoms with Crippen molar-refractivity contribution in [3.05, 3.63) is 69.7 Å². The van der Waals surface area contributed by atoms with Gasteiger partial charge in [0.1, 0.15) is 0 Å². The van der Waals surface area contributed by atoms with Crippen molar-refractivity contribution in [2.45, 2.75) is 12.5 Å². The number of rotatable bonds is 3. The number of benzene rings is 2. The highest BCUT2D eigenvalue weighted by atomic mass is 35.5. The van der Waals surface area contributed by atoms with E-state index in [4.69, 9.17) is 23.2 Å². The van der Waals surface area contributed by atoms with E-state index in [1.165, 1.54) is 11.1 Å². The fourth-order valence-electron chi connectivity index (χ4n) is 3.09. The molecule has 3 rings (SSSR count). The van der Waals surface area contributed by atoms with E-state index < -0.39 is 0 Å². The van der Waals surface area contributed by atoms with Gasteiger partial charge in [0.15, 0.2) is 0 Å². The standard InChI is InChI=1S/C18H20Cl2N2/c19-16-6-1-4-14(12-16)18(15-5-2-7-17(20)13-15)22-10-3-8-21-9-11-22/h1-2,4-7,12-13,18,21H,3,8-11H2. The lowest BCUT2D eigenvalue weighted by Gasteiger charge is -2.31. The van der Waals surface area contributed by atoms with Gasteiger partial charge < -0.3 is 5.32 Å². The maximum absolute atomic E-state index is 6.22. The normalized spacial score (nSPS) is 16.7. The molecular formula is C18H20Cl2N2. The molecule has 1 fully saturated rings. The van der Waals surface area contributed by atoms with Gasteiger partial charge >= 0.3 is 0 Å². The molecule has 0 unspecified atom stereocenters. The molecule has 1 aliphatic rings. The summed E-state index contributed by atoms with van der Waals surface area (Å²) in [7, 11) is 0. The summed E-state index contributed by atoms with van der Waals surface area (Å²) >= 11 is 12.4. The van der Waals surface area contributed by atoms with Crippen LogP contribution in [0.25, 0.3) is 0 Å². The Morgan fingerprint density at radius 1 is 0.864 bits per heavy atom. The van der Waals surface area contributed by atoms with Gasteiger partial charge in [-0.1, -0.05) is 47.5 Å². The Labute approximate surface area is 142 Å². The SMILES string of the molecule is Clc1cccc(C(c2cccc(Cl)c2)N2CCCNCC2)c1. The summed E-state index contributed by atoms with van der Waals surface area (Å²) in [4.78, 5) is 2.51. The first-order valence-corrected chi connectivity index (χ1v) is 8.45. The third kappa shape index (κ3) is 3.82. The fourth-order valence-corrected chi connectivity index (χ4v) is 3.49. The second-order valence-corrected chi connectivity index (χ2v) is 6.52. The third-order valence-corrected chi connectivity index (χ3v) is 4.54. The lowest BCUT2D eigenvalue weighted by atomic mass is 9.97. The Hall–Kier alpha value is -1.06. The number of halogens is 2. The van der Waals surface area contributed by atoms with Crippen LogP contribution in [0.2, 0.25) is 10.0 Å². The fraction of sp³-hybridized carbons (Fsp3) is 0.333. The smallest absolute Gasteiger partial charge is 0.0603 e. The second kappa shape index (κ2) is 7.47. The molecule has 4 heteroatoms. The Bertz CT molecular complexity index is 576. The van der Waals surface area contributed by atoms with Crippen LogP contribution in [-0.4, -0.2) is 31.1 Å². The molecule has 1 heterocycles. The quantitative estimate of drug-likeness (QED) is 0.896. The summed E-state index contributed by atoms with van der Waals surface area (Å²) in [6, 6.07) is 16.5. The predicted octanol–water partition coefficient (Wildman–Crippen LogP) is 4.38. The van der Waals surface area contributed by atoms with Gasteiger partial charge in [0.05, 0.1) is 6.04 Å². The topological polar surface area (TPSA) is 15.3 Å². The van der Waals surface area contributed by atoms with Crippen LogP contribution in [-0.2, 0) is 0 Å². The van der Waals surface area contributed by atoms with E-state index in [0.29, 0.717) is 0 Å². The largest absolute Gasteiger partial charge is 0.315 e. The summed E-state index contributed by atoms with van der Waals surface area (Å²) < 4.78 is 0. The molecule has 0 saturated carbocycles. The van der Waals surface area contributed by atoms with Crippen molar-refractivity contribution in [1.29, 1.82) is 0 Å². The highest BCUT2D eigenvalue weighted by Crippen LogP contribution is 2.31. The van der Waals surface area contributed by atoms with Crippen LogP contribution < -0.4 is 5.32 Å². The minimum Gasteiger partial charge on any atom is -0.315 e. The van der Waals surface area contributed by atoms with Gasteiger partial charge in [-0.3, -0.25) is 4.90 Å². The molecule has 2 aromatic rings. The first-order valence-electron chi connectivity index (χ1n) is 7.70. The van der Waals surface area contributed by atoms with E-state index in [0.717, 1.165) is 42.6 Å². The molecule has 2 aromatic carbocycles. The van der Waals surface area contributed by atoms with Gasteiger partial charge in [-0.2, -0.15) is 0 Å². The second-order valence-electron chi connectivity index (χ2n) is 5.65. The lowest BCUT2D eigenvalue weighted by Crippen LogP contribution is -2.33. The number of nitrogens with one attached hydrogen (secondary N) is 1. The molecule has 116 valence electrons. The van der Waals surface area contributed by atoms with Crippen molar-refractivity contribution < 1.29 is 0 Å². The molecule has 0 radical (unpaired) electrons. The molecule has 1 saturated heterocycles.